The Kier molecular flexibility index (Phi) is 6.04. The standard InChI is InChI=1S/C13H7Br5O3/c1-20-12-9(17)8(16)10(18)13(11(12)19)21-7-3-2-5(14)4-6(7)15/h2-4,19H,1H3. The molecule has 2 aromatic carbocycles. The highest BCUT2D eigenvalue weighted by atomic mass is 79.9. The number of rotatable bonds is 3. The molecular formula is C13H7Br5O3. The molecule has 0 fully saturated rings. The lowest BCUT2D eigenvalue weighted by molar-refractivity contribution is 0.350. The number of aromatic hydroxyl groups is 1. The number of phenols is 1. The van der Waals surface area contributed by atoms with Crippen molar-refractivity contribution in [2.45, 2.75) is 0 Å². The van der Waals surface area contributed by atoms with Gasteiger partial charge in [-0.1, -0.05) is 15.9 Å². The van der Waals surface area contributed by atoms with E-state index < -0.39 is 0 Å². The van der Waals surface area contributed by atoms with Gasteiger partial charge in [-0.25, -0.2) is 0 Å². The van der Waals surface area contributed by atoms with E-state index in [1.165, 1.54) is 7.11 Å². The number of hydrogen-bond donors (Lipinski definition) is 1. The fourth-order valence-electron chi connectivity index (χ4n) is 1.55. The third kappa shape index (κ3) is 3.60. The van der Waals surface area contributed by atoms with Crippen LogP contribution in [-0.4, -0.2) is 12.2 Å². The summed E-state index contributed by atoms with van der Waals surface area (Å²) in [5, 5.41) is 10.3. The van der Waals surface area contributed by atoms with E-state index in [1.807, 2.05) is 12.1 Å². The number of methoxy groups -OCH3 is 1. The summed E-state index contributed by atoms with van der Waals surface area (Å²) < 4.78 is 14.5. The quantitative estimate of drug-likeness (QED) is 0.381. The molecular weight excluding hydrogens is 604 g/mol. The highest BCUT2D eigenvalue weighted by Gasteiger charge is 2.23. The summed E-state index contributed by atoms with van der Waals surface area (Å²) >= 11 is 17.0. The van der Waals surface area contributed by atoms with Gasteiger partial charge in [-0.2, -0.15) is 0 Å². The SMILES string of the molecule is COc1c(O)c(Oc2ccc(Br)cc2Br)c(Br)c(Br)c1Br. The van der Waals surface area contributed by atoms with E-state index in [-0.39, 0.29) is 17.2 Å². The van der Waals surface area contributed by atoms with Gasteiger partial charge in [-0.05, 0) is 81.9 Å². The first-order valence-electron chi connectivity index (χ1n) is 5.43. The molecule has 2 aromatic rings. The second-order valence-electron chi connectivity index (χ2n) is 3.83. The monoisotopic (exact) mass is 606 g/mol. The van der Waals surface area contributed by atoms with E-state index >= 15 is 0 Å². The first kappa shape index (κ1) is 17.6. The molecule has 0 bridgehead atoms. The van der Waals surface area contributed by atoms with E-state index in [4.69, 9.17) is 9.47 Å². The number of phenolic OH excluding ortho intramolecular Hbond substituents is 1. The van der Waals surface area contributed by atoms with Gasteiger partial charge >= 0.3 is 0 Å². The molecule has 1 N–H and O–H groups in total. The summed E-state index contributed by atoms with van der Waals surface area (Å²) in [7, 11) is 1.47. The molecule has 0 aliphatic rings. The van der Waals surface area contributed by atoms with Crippen molar-refractivity contribution in [2.24, 2.45) is 0 Å². The summed E-state index contributed by atoms with van der Waals surface area (Å²) in [5.74, 6) is 0.998. The van der Waals surface area contributed by atoms with Crippen molar-refractivity contribution in [1.82, 2.24) is 0 Å². The Labute approximate surface area is 163 Å². The number of hydrogen-bond acceptors (Lipinski definition) is 3. The Hall–Kier alpha value is 0.240. The molecule has 0 radical (unpaired) electrons. The van der Waals surface area contributed by atoms with E-state index in [2.05, 4.69) is 79.6 Å². The molecule has 0 saturated heterocycles. The molecule has 8 heteroatoms. The Morgan fingerprint density at radius 3 is 2.10 bits per heavy atom. The maximum absolute atomic E-state index is 10.3. The summed E-state index contributed by atoms with van der Waals surface area (Å²) in [6.07, 6.45) is 0. The minimum atomic E-state index is -0.103. The average Bonchev–Trinajstić information content (AvgIpc) is 2.44. The Morgan fingerprint density at radius 2 is 1.52 bits per heavy atom. The first-order chi connectivity index (χ1) is 9.86. The predicted molar refractivity (Wildman–Crippen MR) is 99.7 cm³/mol. The van der Waals surface area contributed by atoms with Gasteiger partial charge in [-0.3, -0.25) is 0 Å². The molecule has 112 valence electrons. The zero-order chi connectivity index (χ0) is 15.7. The molecule has 21 heavy (non-hydrogen) atoms. The molecule has 0 aliphatic heterocycles. The van der Waals surface area contributed by atoms with Crippen LogP contribution in [0.15, 0.2) is 40.6 Å². The fraction of sp³-hybridized carbons (Fsp3) is 0.0769. The predicted octanol–water partition coefficient (Wildman–Crippen LogP) is 7.01. The highest BCUT2D eigenvalue weighted by molar-refractivity contribution is 9.14. The minimum Gasteiger partial charge on any atom is -0.502 e. The summed E-state index contributed by atoms with van der Waals surface area (Å²) in [4.78, 5) is 0. The second kappa shape index (κ2) is 7.21. The topological polar surface area (TPSA) is 38.7 Å². The van der Waals surface area contributed by atoms with Gasteiger partial charge in [0.05, 0.1) is 25.0 Å². The molecule has 0 heterocycles. The summed E-state index contributed by atoms with van der Waals surface area (Å²) in [6, 6.07) is 5.48. The van der Waals surface area contributed by atoms with Crippen molar-refractivity contribution in [3.63, 3.8) is 0 Å². The molecule has 0 aromatic heterocycles. The van der Waals surface area contributed by atoms with Gasteiger partial charge < -0.3 is 14.6 Å². The highest BCUT2D eigenvalue weighted by Crippen LogP contribution is 2.53. The zero-order valence-electron chi connectivity index (χ0n) is 10.4. The minimum absolute atomic E-state index is 0.103. The van der Waals surface area contributed by atoms with Crippen molar-refractivity contribution in [3.8, 4) is 23.0 Å². The van der Waals surface area contributed by atoms with Gasteiger partial charge in [0.25, 0.3) is 0 Å². The van der Waals surface area contributed by atoms with Crippen LogP contribution >= 0.6 is 79.6 Å². The third-order valence-electron chi connectivity index (χ3n) is 2.52. The lowest BCUT2D eigenvalue weighted by atomic mass is 10.3. The molecule has 0 atom stereocenters. The van der Waals surface area contributed by atoms with Crippen molar-refractivity contribution in [1.29, 1.82) is 0 Å². The largest absolute Gasteiger partial charge is 0.502 e. The van der Waals surface area contributed by atoms with Gasteiger partial charge in [0.2, 0.25) is 5.75 Å². The zero-order valence-corrected chi connectivity index (χ0v) is 18.3. The van der Waals surface area contributed by atoms with Crippen molar-refractivity contribution >= 4 is 79.6 Å². The molecule has 0 amide bonds. The fourth-order valence-corrected chi connectivity index (χ4v) is 4.32. The number of ether oxygens (including phenoxy) is 2. The van der Waals surface area contributed by atoms with Crippen LogP contribution in [-0.2, 0) is 0 Å². The van der Waals surface area contributed by atoms with E-state index in [0.717, 1.165) is 8.95 Å². The second-order valence-corrected chi connectivity index (χ2v) is 7.98. The number of halogens is 5. The Morgan fingerprint density at radius 1 is 0.905 bits per heavy atom. The van der Waals surface area contributed by atoms with Crippen LogP contribution in [0.2, 0.25) is 0 Å². The van der Waals surface area contributed by atoms with Crippen LogP contribution in [0.4, 0.5) is 0 Å². The smallest absolute Gasteiger partial charge is 0.203 e. The summed E-state index contributed by atoms with van der Waals surface area (Å²) in [6.45, 7) is 0. The van der Waals surface area contributed by atoms with Crippen LogP contribution in [0.25, 0.3) is 0 Å². The van der Waals surface area contributed by atoms with Gasteiger partial charge in [0, 0.05) is 4.47 Å². The van der Waals surface area contributed by atoms with Crippen LogP contribution in [0, 0.1) is 0 Å². The summed E-state index contributed by atoms with van der Waals surface area (Å²) in [5.41, 5.74) is 0. The third-order valence-corrected chi connectivity index (χ3v) is 7.01. The maximum Gasteiger partial charge on any atom is 0.203 e. The van der Waals surface area contributed by atoms with Crippen molar-refractivity contribution in [2.75, 3.05) is 7.11 Å². The van der Waals surface area contributed by atoms with E-state index in [1.54, 1.807) is 6.07 Å². The maximum atomic E-state index is 10.3. The van der Waals surface area contributed by atoms with Crippen LogP contribution in [0.5, 0.6) is 23.0 Å². The molecule has 0 aliphatic carbocycles. The van der Waals surface area contributed by atoms with Gasteiger partial charge in [0.15, 0.2) is 11.5 Å². The average molecular weight is 611 g/mol. The van der Waals surface area contributed by atoms with E-state index in [9.17, 15) is 5.11 Å². The molecule has 0 spiro atoms. The van der Waals surface area contributed by atoms with Crippen LogP contribution in [0.1, 0.15) is 0 Å². The van der Waals surface area contributed by atoms with Crippen LogP contribution in [0.3, 0.4) is 0 Å². The molecule has 0 unspecified atom stereocenters. The van der Waals surface area contributed by atoms with Crippen molar-refractivity contribution < 1.29 is 14.6 Å². The lowest BCUT2D eigenvalue weighted by Gasteiger charge is -2.16. The van der Waals surface area contributed by atoms with E-state index in [0.29, 0.717) is 19.2 Å². The first-order valence-corrected chi connectivity index (χ1v) is 9.39. The number of benzene rings is 2. The molecule has 2 rings (SSSR count). The Bertz CT molecular complexity index is 703. The lowest BCUT2D eigenvalue weighted by Crippen LogP contribution is -1.93. The van der Waals surface area contributed by atoms with Crippen LogP contribution < -0.4 is 9.47 Å². The Balaban J connectivity index is 2.56. The van der Waals surface area contributed by atoms with Crippen molar-refractivity contribution in [3.05, 3.63) is 40.6 Å². The van der Waals surface area contributed by atoms with Gasteiger partial charge in [0.1, 0.15) is 5.75 Å². The molecule has 0 saturated carbocycles. The normalized spacial score (nSPS) is 10.6. The van der Waals surface area contributed by atoms with Gasteiger partial charge in [-0.15, -0.1) is 0 Å². The molecule has 3 nitrogen and oxygen atoms in total.